The van der Waals surface area contributed by atoms with Crippen LogP contribution < -0.4 is 5.32 Å². The van der Waals surface area contributed by atoms with Crippen molar-refractivity contribution in [3.05, 3.63) is 42.5 Å². The fourth-order valence-corrected chi connectivity index (χ4v) is 2.60. The van der Waals surface area contributed by atoms with Crippen molar-refractivity contribution in [1.82, 2.24) is 4.90 Å². The first-order valence-electron chi connectivity index (χ1n) is 7.37. The van der Waals surface area contributed by atoms with E-state index in [9.17, 15) is 4.79 Å². The van der Waals surface area contributed by atoms with Crippen LogP contribution >= 0.6 is 0 Å². The van der Waals surface area contributed by atoms with Crippen LogP contribution in [0.3, 0.4) is 0 Å². The molecule has 3 nitrogen and oxygen atoms in total. The van der Waals surface area contributed by atoms with Crippen LogP contribution in [0.15, 0.2) is 36.9 Å². The van der Waals surface area contributed by atoms with Crippen molar-refractivity contribution >= 4 is 11.7 Å². The third-order valence-electron chi connectivity index (χ3n) is 3.90. The first-order valence-corrected chi connectivity index (χ1v) is 7.37. The minimum absolute atomic E-state index is 0.00820. The van der Waals surface area contributed by atoms with Crippen LogP contribution in [0.4, 0.5) is 10.5 Å². The summed E-state index contributed by atoms with van der Waals surface area (Å²) in [6.07, 6.45) is 4.01. The van der Waals surface area contributed by atoms with Gasteiger partial charge in [0.2, 0.25) is 0 Å². The Hall–Kier alpha value is -1.77. The summed E-state index contributed by atoms with van der Waals surface area (Å²) < 4.78 is 0. The Morgan fingerprint density at radius 1 is 1.45 bits per heavy atom. The molecule has 0 saturated carbocycles. The smallest absolute Gasteiger partial charge is 0.321 e. The van der Waals surface area contributed by atoms with Gasteiger partial charge in [-0.3, -0.25) is 0 Å². The van der Waals surface area contributed by atoms with Crippen molar-refractivity contribution in [2.75, 3.05) is 18.4 Å². The number of anilines is 1. The molecule has 1 N–H and O–H groups in total. The van der Waals surface area contributed by atoms with Gasteiger partial charge in [0, 0.05) is 18.8 Å². The zero-order chi connectivity index (χ0) is 14.5. The monoisotopic (exact) mass is 272 g/mol. The van der Waals surface area contributed by atoms with Crippen molar-refractivity contribution in [2.45, 2.75) is 32.6 Å². The predicted molar refractivity (Wildman–Crippen MR) is 84.0 cm³/mol. The van der Waals surface area contributed by atoms with Gasteiger partial charge in [-0.25, -0.2) is 4.79 Å². The molecule has 20 heavy (non-hydrogen) atoms. The molecule has 1 unspecified atom stereocenters. The molecule has 3 heteroatoms. The molecule has 1 aliphatic heterocycles. The molecular weight excluding hydrogens is 248 g/mol. The summed E-state index contributed by atoms with van der Waals surface area (Å²) in [4.78, 5) is 14.1. The minimum Gasteiger partial charge on any atom is -0.324 e. The summed E-state index contributed by atoms with van der Waals surface area (Å²) in [5, 5.41) is 2.97. The second kappa shape index (κ2) is 6.60. The Morgan fingerprint density at radius 3 is 2.75 bits per heavy atom. The van der Waals surface area contributed by atoms with Crippen molar-refractivity contribution in [2.24, 2.45) is 5.92 Å². The molecule has 0 aliphatic carbocycles. The number of urea groups is 1. The average molecular weight is 272 g/mol. The van der Waals surface area contributed by atoms with Gasteiger partial charge in [-0.1, -0.05) is 32.1 Å². The maximum atomic E-state index is 12.2. The Kier molecular flexibility index (Phi) is 4.83. The number of nitrogens with zero attached hydrogens (tertiary/aromatic N) is 1. The molecule has 1 atom stereocenters. The number of allylic oxidation sites excluding steroid dienone is 1. The standard InChI is InChI=1S/C17H24N2O/c1-4-5-14-10-11-19(12-14)17(20)18-16-8-6-15(7-9-16)13(2)3/h4,6-9,13-14H,1,5,10-12H2,2-3H3,(H,18,20). The topological polar surface area (TPSA) is 32.3 Å². The molecule has 0 radical (unpaired) electrons. The number of carbonyl (C=O) groups excluding carboxylic acids is 1. The van der Waals surface area contributed by atoms with Crippen molar-refractivity contribution in [1.29, 1.82) is 0 Å². The maximum Gasteiger partial charge on any atom is 0.321 e. The van der Waals surface area contributed by atoms with Gasteiger partial charge in [0.1, 0.15) is 0 Å². The van der Waals surface area contributed by atoms with Crippen LogP contribution in [0.1, 0.15) is 38.2 Å². The largest absolute Gasteiger partial charge is 0.324 e. The average Bonchev–Trinajstić information content (AvgIpc) is 2.88. The lowest BCUT2D eigenvalue weighted by atomic mass is 10.0. The summed E-state index contributed by atoms with van der Waals surface area (Å²) in [6.45, 7) is 9.77. The van der Waals surface area contributed by atoms with Gasteiger partial charge in [-0.15, -0.1) is 6.58 Å². The number of hydrogen-bond donors (Lipinski definition) is 1. The number of rotatable bonds is 4. The van der Waals surface area contributed by atoms with E-state index in [-0.39, 0.29) is 6.03 Å². The highest BCUT2D eigenvalue weighted by molar-refractivity contribution is 5.89. The first-order chi connectivity index (χ1) is 9.60. The molecule has 1 saturated heterocycles. The molecular formula is C17H24N2O. The van der Waals surface area contributed by atoms with Gasteiger partial charge in [-0.05, 0) is 42.4 Å². The molecule has 0 aromatic heterocycles. The molecule has 0 spiro atoms. The summed E-state index contributed by atoms with van der Waals surface area (Å²) in [7, 11) is 0. The Morgan fingerprint density at radius 2 is 2.15 bits per heavy atom. The summed E-state index contributed by atoms with van der Waals surface area (Å²) in [5.74, 6) is 1.08. The highest BCUT2D eigenvalue weighted by atomic mass is 16.2. The van der Waals surface area contributed by atoms with E-state index in [1.165, 1.54) is 5.56 Å². The minimum atomic E-state index is 0.00820. The summed E-state index contributed by atoms with van der Waals surface area (Å²) in [6, 6.07) is 8.11. The Bertz CT molecular complexity index is 464. The third-order valence-corrected chi connectivity index (χ3v) is 3.90. The molecule has 1 heterocycles. The molecule has 1 aromatic rings. The van der Waals surface area contributed by atoms with Crippen LogP contribution in [0.2, 0.25) is 0 Å². The quantitative estimate of drug-likeness (QED) is 0.817. The van der Waals surface area contributed by atoms with Gasteiger partial charge < -0.3 is 10.2 Å². The van der Waals surface area contributed by atoms with E-state index in [2.05, 4.69) is 37.9 Å². The van der Waals surface area contributed by atoms with Gasteiger partial charge in [-0.2, -0.15) is 0 Å². The van der Waals surface area contributed by atoms with Gasteiger partial charge in [0.05, 0.1) is 0 Å². The molecule has 2 amide bonds. The van der Waals surface area contributed by atoms with Crippen LogP contribution in [0.5, 0.6) is 0 Å². The number of amides is 2. The van der Waals surface area contributed by atoms with E-state index in [1.54, 1.807) is 0 Å². The highest BCUT2D eigenvalue weighted by Gasteiger charge is 2.25. The zero-order valence-corrected chi connectivity index (χ0v) is 12.4. The van der Waals surface area contributed by atoms with Crippen LogP contribution in [0.25, 0.3) is 0 Å². The van der Waals surface area contributed by atoms with E-state index >= 15 is 0 Å². The lowest BCUT2D eigenvalue weighted by Crippen LogP contribution is -2.32. The van der Waals surface area contributed by atoms with Crippen molar-refractivity contribution in [3.8, 4) is 0 Å². The van der Waals surface area contributed by atoms with E-state index in [0.29, 0.717) is 11.8 Å². The van der Waals surface area contributed by atoms with E-state index in [0.717, 1.165) is 31.6 Å². The third kappa shape index (κ3) is 3.62. The van der Waals surface area contributed by atoms with E-state index in [1.807, 2.05) is 23.1 Å². The number of nitrogens with one attached hydrogen (secondary N) is 1. The van der Waals surface area contributed by atoms with Gasteiger partial charge >= 0.3 is 6.03 Å². The summed E-state index contributed by atoms with van der Waals surface area (Å²) in [5.41, 5.74) is 2.15. The summed E-state index contributed by atoms with van der Waals surface area (Å²) >= 11 is 0. The van der Waals surface area contributed by atoms with Crippen molar-refractivity contribution < 1.29 is 4.79 Å². The molecule has 0 bridgehead atoms. The fourth-order valence-electron chi connectivity index (χ4n) is 2.60. The van der Waals surface area contributed by atoms with Crippen molar-refractivity contribution in [3.63, 3.8) is 0 Å². The Balaban J connectivity index is 1.90. The maximum absolute atomic E-state index is 12.2. The second-order valence-electron chi connectivity index (χ2n) is 5.83. The molecule has 2 rings (SSSR count). The SMILES string of the molecule is C=CCC1CCN(C(=O)Nc2ccc(C(C)C)cc2)C1. The predicted octanol–water partition coefficient (Wildman–Crippen LogP) is 4.24. The molecule has 1 fully saturated rings. The molecule has 108 valence electrons. The van der Waals surface area contributed by atoms with Crippen LogP contribution in [0, 0.1) is 5.92 Å². The zero-order valence-electron chi connectivity index (χ0n) is 12.4. The normalized spacial score (nSPS) is 18.4. The van der Waals surface area contributed by atoms with Gasteiger partial charge in [0.25, 0.3) is 0 Å². The van der Waals surface area contributed by atoms with Crippen LogP contribution in [-0.4, -0.2) is 24.0 Å². The first kappa shape index (κ1) is 14.6. The second-order valence-corrected chi connectivity index (χ2v) is 5.83. The lowest BCUT2D eigenvalue weighted by Gasteiger charge is -2.17. The van der Waals surface area contributed by atoms with Crippen LogP contribution in [-0.2, 0) is 0 Å². The van der Waals surface area contributed by atoms with E-state index in [4.69, 9.17) is 0 Å². The van der Waals surface area contributed by atoms with Gasteiger partial charge in [0.15, 0.2) is 0 Å². The molecule has 1 aliphatic rings. The number of hydrogen-bond acceptors (Lipinski definition) is 1. The number of carbonyl (C=O) groups is 1. The lowest BCUT2D eigenvalue weighted by molar-refractivity contribution is 0.221. The number of likely N-dealkylation sites (tertiary alicyclic amines) is 1. The number of benzene rings is 1. The van der Waals surface area contributed by atoms with E-state index < -0.39 is 0 Å². The Labute approximate surface area is 121 Å². The highest BCUT2D eigenvalue weighted by Crippen LogP contribution is 2.21. The molecule has 1 aromatic carbocycles. The fraction of sp³-hybridized carbons (Fsp3) is 0.471.